The Morgan fingerprint density at radius 1 is 1.11 bits per heavy atom. The van der Waals surface area contributed by atoms with Crippen molar-refractivity contribution in [1.82, 2.24) is 0 Å². The fourth-order valence-electron chi connectivity index (χ4n) is 1.38. The normalized spacial score (nSPS) is 12.4. The van der Waals surface area contributed by atoms with Crippen LogP contribution in [-0.2, 0) is 23.8 Å². The van der Waals surface area contributed by atoms with E-state index in [4.69, 9.17) is 4.74 Å². The highest BCUT2D eigenvalue weighted by Crippen LogP contribution is 2.19. The van der Waals surface area contributed by atoms with Crippen LogP contribution in [0.1, 0.15) is 52.9 Å². The Balaban J connectivity index is 3.91. The zero-order chi connectivity index (χ0) is 14.9. The van der Waals surface area contributed by atoms with E-state index in [1.54, 1.807) is 13.8 Å². The van der Waals surface area contributed by atoms with Crippen molar-refractivity contribution in [2.75, 3.05) is 19.5 Å². The summed E-state index contributed by atoms with van der Waals surface area (Å²) >= 11 is 0. The Morgan fingerprint density at radius 3 is 2.21 bits per heavy atom. The number of ether oxygens (including phenoxy) is 1. The third-order valence-corrected chi connectivity index (χ3v) is 3.21. The smallest absolute Gasteiger partial charge is 0.313 e. The molecule has 0 radical (unpaired) electrons. The van der Waals surface area contributed by atoms with Gasteiger partial charge in [0, 0.05) is 0 Å². The Bertz CT molecular complexity index is 359. The molecule has 0 aromatic rings. The third-order valence-electron chi connectivity index (χ3n) is 2.67. The highest BCUT2D eigenvalue weighted by atomic mass is 32.2. The van der Waals surface area contributed by atoms with Crippen molar-refractivity contribution in [3.05, 3.63) is 0 Å². The first-order valence-electron chi connectivity index (χ1n) is 6.70. The van der Waals surface area contributed by atoms with E-state index in [1.807, 2.05) is 0 Å². The van der Waals surface area contributed by atoms with Crippen LogP contribution in [-0.4, -0.2) is 33.9 Å². The van der Waals surface area contributed by atoms with Gasteiger partial charge in [-0.25, -0.2) is 0 Å². The summed E-state index contributed by atoms with van der Waals surface area (Å²) in [5, 5.41) is 0. The van der Waals surface area contributed by atoms with Crippen LogP contribution < -0.4 is 0 Å². The van der Waals surface area contributed by atoms with Crippen LogP contribution in [0.5, 0.6) is 0 Å². The lowest BCUT2D eigenvalue weighted by atomic mass is 9.95. The maximum Gasteiger partial charge on any atom is 0.313 e. The fourth-order valence-corrected chi connectivity index (χ4v) is 1.89. The predicted molar refractivity (Wildman–Crippen MR) is 74.3 cm³/mol. The molecule has 0 aromatic carbocycles. The molecule has 0 unspecified atom stereocenters. The summed E-state index contributed by atoms with van der Waals surface area (Å²) in [7, 11) is -3.53. The topological polar surface area (TPSA) is 69.7 Å². The Labute approximate surface area is 116 Å². The van der Waals surface area contributed by atoms with Gasteiger partial charge in [-0.05, 0) is 20.3 Å². The monoisotopic (exact) mass is 294 g/mol. The summed E-state index contributed by atoms with van der Waals surface area (Å²) in [5.41, 5.74) is -0.952. The minimum atomic E-state index is -3.53. The lowest BCUT2D eigenvalue weighted by Crippen LogP contribution is -2.32. The quantitative estimate of drug-likeness (QED) is 0.352. The molecule has 5 nitrogen and oxygen atoms in total. The number of carbonyl (C=O) groups is 1. The first kappa shape index (κ1) is 18.4. The minimum Gasteiger partial charge on any atom is -0.465 e. The number of hydrogen-bond acceptors (Lipinski definition) is 5. The van der Waals surface area contributed by atoms with E-state index >= 15 is 0 Å². The number of rotatable bonds is 10. The molecule has 0 fully saturated rings. The van der Waals surface area contributed by atoms with Crippen LogP contribution in [0.2, 0.25) is 0 Å². The lowest BCUT2D eigenvalue weighted by Gasteiger charge is -2.21. The third kappa shape index (κ3) is 9.90. The number of unbranched alkanes of at least 4 members (excludes halogenated alkanes) is 4. The van der Waals surface area contributed by atoms with E-state index in [-0.39, 0.29) is 6.61 Å². The van der Waals surface area contributed by atoms with E-state index in [2.05, 4.69) is 11.1 Å². The van der Waals surface area contributed by atoms with Crippen molar-refractivity contribution in [3.8, 4) is 0 Å². The molecule has 0 amide bonds. The molecule has 0 aliphatic carbocycles. The Morgan fingerprint density at radius 2 is 1.68 bits per heavy atom. The highest BCUT2D eigenvalue weighted by molar-refractivity contribution is 7.85. The second kappa shape index (κ2) is 8.53. The van der Waals surface area contributed by atoms with E-state index < -0.39 is 21.5 Å². The SMILES string of the molecule is CCCCCCCOC(=O)C(C)(C)COS(C)(=O)=O. The molecular weight excluding hydrogens is 268 g/mol. The van der Waals surface area contributed by atoms with Crippen molar-refractivity contribution in [2.45, 2.75) is 52.9 Å². The van der Waals surface area contributed by atoms with E-state index in [9.17, 15) is 13.2 Å². The van der Waals surface area contributed by atoms with Crippen molar-refractivity contribution in [2.24, 2.45) is 5.41 Å². The van der Waals surface area contributed by atoms with Gasteiger partial charge in [-0.1, -0.05) is 32.6 Å². The maximum absolute atomic E-state index is 11.8. The summed E-state index contributed by atoms with van der Waals surface area (Å²) in [5.74, 6) is -0.424. The van der Waals surface area contributed by atoms with Crippen molar-refractivity contribution in [1.29, 1.82) is 0 Å². The van der Waals surface area contributed by atoms with E-state index in [0.29, 0.717) is 6.61 Å². The van der Waals surface area contributed by atoms with Crippen molar-refractivity contribution < 1.29 is 22.1 Å². The van der Waals surface area contributed by atoms with Gasteiger partial charge in [0.1, 0.15) is 0 Å². The van der Waals surface area contributed by atoms with Crippen LogP contribution in [0.4, 0.5) is 0 Å². The summed E-state index contributed by atoms with van der Waals surface area (Å²) < 4.78 is 31.6. The largest absolute Gasteiger partial charge is 0.465 e. The first-order chi connectivity index (χ1) is 8.69. The minimum absolute atomic E-state index is 0.194. The van der Waals surface area contributed by atoms with Gasteiger partial charge in [-0.15, -0.1) is 0 Å². The number of esters is 1. The van der Waals surface area contributed by atoms with Gasteiger partial charge in [-0.3, -0.25) is 8.98 Å². The van der Waals surface area contributed by atoms with Gasteiger partial charge in [0.15, 0.2) is 0 Å². The van der Waals surface area contributed by atoms with Crippen molar-refractivity contribution >= 4 is 16.1 Å². The molecule has 0 N–H and O–H groups in total. The molecule has 0 spiro atoms. The molecule has 0 aliphatic rings. The number of carbonyl (C=O) groups excluding carboxylic acids is 1. The molecule has 0 saturated carbocycles. The van der Waals surface area contributed by atoms with Gasteiger partial charge in [0.05, 0.1) is 24.9 Å². The average Bonchev–Trinajstić information content (AvgIpc) is 2.30. The molecule has 0 aromatic heterocycles. The van der Waals surface area contributed by atoms with Gasteiger partial charge >= 0.3 is 5.97 Å². The molecule has 0 bridgehead atoms. The summed E-state index contributed by atoms with van der Waals surface area (Å²) in [4.78, 5) is 11.8. The molecule has 114 valence electrons. The molecule has 0 heterocycles. The summed E-state index contributed by atoms with van der Waals surface area (Å²) in [6.07, 6.45) is 6.37. The summed E-state index contributed by atoms with van der Waals surface area (Å²) in [6, 6.07) is 0. The predicted octanol–water partition coefficient (Wildman–Crippen LogP) is 2.50. The number of hydrogen-bond donors (Lipinski definition) is 0. The first-order valence-corrected chi connectivity index (χ1v) is 8.52. The fraction of sp³-hybridized carbons (Fsp3) is 0.923. The molecular formula is C13H26O5S. The van der Waals surface area contributed by atoms with Crippen molar-refractivity contribution in [3.63, 3.8) is 0 Å². The molecule has 0 saturated heterocycles. The van der Waals surface area contributed by atoms with E-state index in [1.165, 1.54) is 12.8 Å². The second-order valence-corrected chi connectivity index (χ2v) is 7.04. The van der Waals surface area contributed by atoms with Crippen LogP contribution in [0.3, 0.4) is 0 Å². The van der Waals surface area contributed by atoms with Crippen LogP contribution in [0, 0.1) is 5.41 Å². The standard InChI is InChI=1S/C13H26O5S/c1-5-6-7-8-9-10-17-12(14)13(2,3)11-18-19(4,15)16/h5-11H2,1-4H3. The Hall–Kier alpha value is -0.620. The zero-order valence-corrected chi connectivity index (χ0v) is 13.2. The van der Waals surface area contributed by atoms with Gasteiger partial charge < -0.3 is 4.74 Å². The zero-order valence-electron chi connectivity index (χ0n) is 12.4. The molecule has 19 heavy (non-hydrogen) atoms. The lowest BCUT2D eigenvalue weighted by molar-refractivity contribution is -0.155. The van der Waals surface area contributed by atoms with Gasteiger partial charge in [0.25, 0.3) is 10.1 Å². The highest BCUT2D eigenvalue weighted by Gasteiger charge is 2.31. The summed E-state index contributed by atoms with van der Waals surface area (Å²) in [6.45, 7) is 5.55. The van der Waals surface area contributed by atoms with Gasteiger partial charge in [-0.2, -0.15) is 8.42 Å². The van der Waals surface area contributed by atoms with Crippen LogP contribution >= 0.6 is 0 Å². The second-order valence-electron chi connectivity index (χ2n) is 5.40. The van der Waals surface area contributed by atoms with Crippen LogP contribution in [0.25, 0.3) is 0 Å². The molecule has 0 rings (SSSR count). The Kier molecular flexibility index (Phi) is 8.25. The van der Waals surface area contributed by atoms with Crippen LogP contribution in [0.15, 0.2) is 0 Å². The average molecular weight is 294 g/mol. The molecule has 0 aliphatic heterocycles. The van der Waals surface area contributed by atoms with Gasteiger partial charge in [0.2, 0.25) is 0 Å². The maximum atomic E-state index is 11.8. The van der Waals surface area contributed by atoms with E-state index in [0.717, 1.165) is 25.5 Å². The molecule has 0 atom stereocenters. The molecule has 6 heteroatoms.